The molecule has 1 N–H and O–H groups in total. The van der Waals surface area contributed by atoms with Crippen LogP contribution in [-0.2, 0) is 26.6 Å². The fourth-order valence-electron chi connectivity index (χ4n) is 2.56. The van der Waals surface area contributed by atoms with Gasteiger partial charge in [0.05, 0.1) is 5.69 Å². The molecule has 0 aromatic carbocycles. The van der Waals surface area contributed by atoms with Gasteiger partial charge in [-0.25, -0.2) is 0 Å². The lowest BCUT2D eigenvalue weighted by Gasteiger charge is -2.05. The summed E-state index contributed by atoms with van der Waals surface area (Å²) in [7, 11) is 1.97. The number of rotatable bonds is 5. The fraction of sp³-hybridized carbons (Fsp3) is 0.462. The molecule has 3 aromatic rings. The van der Waals surface area contributed by atoms with Gasteiger partial charge in [-0.15, -0.1) is 0 Å². The molecule has 3 heterocycles. The van der Waals surface area contributed by atoms with Crippen molar-refractivity contribution in [2.45, 2.75) is 32.9 Å². The number of aryl methyl sites for hydroxylation is 4. The second kappa shape index (κ2) is 5.24. The number of hydrogen-bond donors (Lipinski definition) is 1. The summed E-state index contributed by atoms with van der Waals surface area (Å²) in [5, 5.41) is 8.74. The Morgan fingerprint density at radius 1 is 1.35 bits per heavy atom. The zero-order valence-corrected chi connectivity index (χ0v) is 12.5. The highest BCUT2D eigenvalue weighted by molar-refractivity contribution is 7.71. The number of fused-ring (bicyclic) bond motifs is 1. The van der Waals surface area contributed by atoms with Crippen LogP contribution in [0.4, 0.5) is 0 Å². The molecule has 0 saturated heterocycles. The lowest BCUT2D eigenvalue weighted by Crippen LogP contribution is -2.07. The van der Waals surface area contributed by atoms with Gasteiger partial charge < -0.3 is 9.55 Å². The normalized spacial score (nSPS) is 11.5. The highest BCUT2D eigenvalue weighted by Crippen LogP contribution is 2.18. The number of H-pyrrole nitrogens is 1. The summed E-state index contributed by atoms with van der Waals surface area (Å²) in [4.78, 5) is 3.28. The Bertz CT molecular complexity index is 761. The number of nitrogens with one attached hydrogen (secondary N) is 1. The number of imidazole rings is 1. The van der Waals surface area contributed by atoms with E-state index >= 15 is 0 Å². The Morgan fingerprint density at radius 2 is 2.20 bits per heavy atom. The van der Waals surface area contributed by atoms with Crippen molar-refractivity contribution in [3.63, 3.8) is 0 Å². The molecule has 20 heavy (non-hydrogen) atoms. The molecule has 0 aliphatic carbocycles. The molecule has 0 radical (unpaired) electrons. The minimum absolute atomic E-state index is 0.767. The minimum atomic E-state index is 0.767. The predicted molar refractivity (Wildman–Crippen MR) is 80.1 cm³/mol. The Kier molecular flexibility index (Phi) is 3.43. The SMILES string of the molecule is CCc1nn(C)c2c1[nH]c(=S)n2CCCn1cccn1. The largest absolute Gasteiger partial charge is 0.328 e. The first kappa shape index (κ1) is 13.1. The van der Waals surface area contributed by atoms with Crippen LogP contribution in [0, 0.1) is 4.77 Å². The highest BCUT2D eigenvalue weighted by Gasteiger charge is 2.13. The number of aromatic amines is 1. The first-order valence-electron chi connectivity index (χ1n) is 6.82. The average Bonchev–Trinajstić information content (AvgIpc) is 3.10. The molecule has 0 aliphatic rings. The van der Waals surface area contributed by atoms with Crippen LogP contribution in [0.2, 0.25) is 0 Å². The van der Waals surface area contributed by atoms with E-state index in [1.54, 1.807) is 6.20 Å². The lowest BCUT2D eigenvalue weighted by atomic mass is 10.3. The Hall–Kier alpha value is -1.89. The average molecular weight is 290 g/mol. The minimum Gasteiger partial charge on any atom is -0.328 e. The highest BCUT2D eigenvalue weighted by atomic mass is 32.1. The monoisotopic (exact) mass is 290 g/mol. The molecule has 0 bridgehead atoms. The lowest BCUT2D eigenvalue weighted by molar-refractivity contribution is 0.524. The molecule has 6 nitrogen and oxygen atoms in total. The molecule has 7 heteroatoms. The summed E-state index contributed by atoms with van der Waals surface area (Å²) in [6.07, 6.45) is 5.66. The molecular formula is C13H18N6S. The van der Waals surface area contributed by atoms with Crippen LogP contribution >= 0.6 is 12.2 Å². The van der Waals surface area contributed by atoms with Gasteiger partial charge in [0.2, 0.25) is 0 Å². The van der Waals surface area contributed by atoms with E-state index in [4.69, 9.17) is 12.2 Å². The van der Waals surface area contributed by atoms with Crippen molar-refractivity contribution in [2.24, 2.45) is 7.05 Å². The maximum atomic E-state index is 5.43. The standard InChI is InChI=1S/C13H18N6S/c1-3-10-11-12(17(2)16-10)19(13(20)15-11)9-5-8-18-7-4-6-14-18/h4,6-7H,3,5,8-9H2,1-2H3,(H,15,20). The van der Waals surface area contributed by atoms with Gasteiger partial charge in [0.25, 0.3) is 0 Å². The number of hydrogen-bond acceptors (Lipinski definition) is 3. The van der Waals surface area contributed by atoms with Crippen molar-refractivity contribution in [3.05, 3.63) is 28.9 Å². The van der Waals surface area contributed by atoms with E-state index in [9.17, 15) is 0 Å². The molecule has 0 unspecified atom stereocenters. The second-order valence-corrected chi connectivity index (χ2v) is 5.21. The van der Waals surface area contributed by atoms with E-state index in [1.165, 1.54) is 0 Å². The van der Waals surface area contributed by atoms with Gasteiger partial charge in [-0.2, -0.15) is 10.2 Å². The van der Waals surface area contributed by atoms with Gasteiger partial charge in [0.15, 0.2) is 10.4 Å². The number of nitrogens with zero attached hydrogens (tertiary/aromatic N) is 5. The smallest absolute Gasteiger partial charge is 0.179 e. The van der Waals surface area contributed by atoms with E-state index in [-0.39, 0.29) is 0 Å². The molecule has 0 spiro atoms. The first-order chi connectivity index (χ1) is 9.70. The maximum absolute atomic E-state index is 5.43. The summed E-state index contributed by atoms with van der Waals surface area (Å²) >= 11 is 5.43. The molecule has 0 amide bonds. The third-order valence-corrected chi connectivity index (χ3v) is 3.81. The third kappa shape index (κ3) is 2.18. The van der Waals surface area contributed by atoms with Crippen LogP contribution in [0.25, 0.3) is 11.2 Å². The van der Waals surface area contributed by atoms with Crippen LogP contribution in [0.5, 0.6) is 0 Å². The Balaban J connectivity index is 1.85. The van der Waals surface area contributed by atoms with E-state index in [1.807, 2.05) is 28.7 Å². The summed E-state index contributed by atoms with van der Waals surface area (Å²) < 4.78 is 6.74. The van der Waals surface area contributed by atoms with Crippen molar-refractivity contribution in [2.75, 3.05) is 0 Å². The van der Waals surface area contributed by atoms with Crippen LogP contribution < -0.4 is 0 Å². The van der Waals surface area contributed by atoms with Crippen LogP contribution in [0.1, 0.15) is 19.0 Å². The van der Waals surface area contributed by atoms with Crippen molar-refractivity contribution >= 4 is 23.4 Å². The van der Waals surface area contributed by atoms with Crippen LogP contribution in [-0.4, -0.2) is 29.1 Å². The summed E-state index contributed by atoms with van der Waals surface area (Å²) in [6, 6.07) is 1.94. The second-order valence-electron chi connectivity index (χ2n) is 4.83. The zero-order valence-electron chi connectivity index (χ0n) is 11.7. The molecule has 0 atom stereocenters. The van der Waals surface area contributed by atoms with Gasteiger partial charge in [-0.05, 0) is 31.1 Å². The van der Waals surface area contributed by atoms with E-state index in [0.717, 1.165) is 47.6 Å². The zero-order chi connectivity index (χ0) is 14.1. The summed E-state index contributed by atoms with van der Waals surface area (Å²) in [5.41, 5.74) is 3.21. The van der Waals surface area contributed by atoms with Crippen LogP contribution in [0.15, 0.2) is 18.5 Å². The van der Waals surface area contributed by atoms with E-state index in [0.29, 0.717) is 0 Å². The van der Waals surface area contributed by atoms with Crippen molar-refractivity contribution < 1.29 is 0 Å². The summed E-state index contributed by atoms with van der Waals surface area (Å²) in [6.45, 7) is 3.86. The van der Waals surface area contributed by atoms with E-state index in [2.05, 4.69) is 26.7 Å². The molecular weight excluding hydrogens is 272 g/mol. The molecule has 3 rings (SSSR count). The third-order valence-electron chi connectivity index (χ3n) is 3.49. The van der Waals surface area contributed by atoms with Crippen LogP contribution in [0.3, 0.4) is 0 Å². The van der Waals surface area contributed by atoms with Crippen molar-refractivity contribution in [1.29, 1.82) is 0 Å². The molecule has 0 fully saturated rings. The molecule has 0 saturated carbocycles. The van der Waals surface area contributed by atoms with Crippen molar-refractivity contribution in [1.82, 2.24) is 29.1 Å². The molecule has 106 valence electrons. The quantitative estimate of drug-likeness (QED) is 0.733. The van der Waals surface area contributed by atoms with E-state index < -0.39 is 0 Å². The van der Waals surface area contributed by atoms with Gasteiger partial charge >= 0.3 is 0 Å². The summed E-state index contributed by atoms with van der Waals surface area (Å²) in [5.74, 6) is 0. The molecule has 3 aromatic heterocycles. The molecule has 0 aliphatic heterocycles. The fourth-order valence-corrected chi connectivity index (χ4v) is 2.84. The maximum Gasteiger partial charge on any atom is 0.179 e. The first-order valence-corrected chi connectivity index (χ1v) is 7.23. The Morgan fingerprint density at radius 3 is 2.90 bits per heavy atom. The van der Waals surface area contributed by atoms with Gasteiger partial charge in [0.1, 0.15) is 5.52 Å². The Labute approximate surface area is 122 Å². The van der Waals surface area contributed by atoms with Gasteiger partial charge in [-0.1, -0.05) is 6.92 Å². The number of aromatic nitrogens is 6. The van der Waals surface area contributed by atoms with Gasteiger partial charge in [-0.3, -0.25) is 9.36 Å². The topological polar surface area (TPSA) is 56.4 Å². The van der Waals surface area contributed by atoms with Gasteiger partial charge in [0, 0.05) is 32.5 Å². The van der Waals surface area contributed by atoms with Crippen molar-refractivity contribution in [3.8, 4) is 0 Å². The predicted octanol–water partition coefficient (Wildman–Crippen LogP) is 2.28.